The summed E-state index contributed by atoms with van der Waals surface area (Å²) in [7, 11) is 0. The number of rotatable bonds is 7. The smallest absolute Gasteiger partial charge is 0.339 e. The van der Waals surface area contributed by atoms with Crippen LogP contribution in [0.4, 0.5) is 0 Å². The largest absolute Gasteiger partial charge is 0.481 e. The van der Waals surface area contributed by atoms with Crippen molar-refractivity contribution < 1.29 is 29.3 Å². The van der Waals surface area contributed by atoms with E-state index in [2.05, 4.69) is 39.8 Å². The first-order valence-corrected chi connectivity index (χ1v) is 13.2. The number of carbonyl (C=O) groups is 3. The maximum Gasteiger partial charge on any atom is 0.339 e. The Morgan fingerprint density at radius 3 is 2.50 bits per heavy atom. The topological polar surface area (TPSA) is 101 Å². The van der Waals surface area contributed by atoms with Crippen LogP contribution in [0.25, 0.3) is 0 Å². The molecule has 6 heteroatoms. The number of aliphatic carboxylic acids is 2. The van der Waals surface area contributed by atoms with Gasteiger partial charge < -0.3 is 14.9 Å². The molecule has 196 valence electrons. The van der Waals surface area contributed by atoms with E-state index in [1.807, 2.05) is 13.0 Å². The molecule has 0 radical (unpaired) electrons. The van der Waals surface area contributed by atoms with Crippen molar-refractivity contribution in [2.45, 2.75) is 80.1 Å². The molecular formula is C30H40O6. The van der Waals surface area contributed by atoms with Gasteiger partial charge in [0.25, 0.3) is 0 Å². The lowest BCUT2D eigenvalue weighted by Gasteiger charge is -2.63. The van der Waals surface area contributed by atoms with E-state index in [4.69, 9.17) is 9.84 Å². The lowest BCUT2D eigenvalue weighted by molar-refractivity contribution is -0.139. The second kappa shape index (κ2) is 9.04. The van der Waals surface area contributed by atoms with Gasteiger partial charge in [-0.25, -0.2) is 9.59 Å². The lowest BCUT2D eigenvalue weighted by atomic mass is 9.41. The minimum Gasteiger partial charge on any atom is -0.481 e. The monoisotopic (exact) mass is 496 g/mol. The van der Waals surface area contributed by atoms with Crippen LogP contribution in [0.1, 0.15) is 80.1 Å². The Labute approximate surface area is 214 Å². The molecule has 1 heterocycles. The molecular weight excluding hydrogens is 456 g/mol. The molecule has 6 nitrogen and oxygen atoms in total. The van der Waals surface area contributed by atoms with Gasteiger partial charge in [0.15, 0.2) is 0 Å². The Morgan fingerprint density at radius 2 is 1.86 bits per heavy atom. The van der Waals surface area contributed by atoms with Crippen LogP contribution < -0.4 is 0 Å². The molecule has 1 aliphatic heterocycles. The second-order valence-corrected chi connectivity index (χ2v) is 12.3. The SMILES string of the molecule is CC1=C2C(=C[C@@H]3[C@@](C)(CC[C@]4(C)[C@@H]([C@@H](C)/C=C/C=C(\C)C(=O)O)CC[C@@]34C)[C@@H]2CCC(=O)O)OC1=O. The number of hydrogen-bond acceptors (Lipinski definition) is 4. The highest BCUT2D eigenvalue weighted by Gasteiger charge is 2.67. The van der Waals surface area contributed by atoms with Gasteiger partial charge in [-0.1, -0.05) is 45.9 Å². The van der Waals surface area contributed by atoms with Gasteiger partial charge in [-0.15, -0.1) is 0 Å². The molecule has 4 rings (SSSR count). The molecule has 0 aromatic rings. The molecule has 2 N–H and O–H groups in total. The Bertz CT molecular complexity index is 1110. The number of fused-ring (bicyclic) bond motifs is 4. The first-order valence-electron chi connectivity index (χ1n) is 13.2. The molecule has 0 saturated heterocycles. The van der Waals surface area contributed by atoms with Crippen molar-refractivity contribution in [1.82, 2.24) is 0 Å². The first-order chi connectivity index (χ1) is 16.8. The van der Waals surface area contributed by atoms with E-state index in [-0.39, 0.29) is 40.5 Å². The third kappa shape index (κ3) is 3.88. The maximum absolute atomic E-state index is 12.6. The standard InChI is InChI=1S/C30H40O6/c1-17(8-7-9-18(2)26(33)34)20-12-13-30(6)23-16-22-25(19(3)27(35)36-22)21(10-11-24(31)32)28(23,4)14-15-29(20,30)5/h7-9,16-17,20-21,23H,10-15H2,1-6H3,(H,31,32)(H,33,34)/b8-7+,18-9+/t17-,20+,21+,23+,28-,29+,30-/m0/s1. The molecule has 4 aliphatic rings. The summed E-state index contributed by atoms with van der Waals surface area (Å²) in [6, 6.07) is 0. The maximum atomic E-state index is 12.6. The molecule has 0 aromatic carbocycles. The van der Waals surface area contributed by atoms with Crippen molar-refractivity contribution in [1.29, 1.82) is 0 Å². The van der Waals surface area contributed by atoms with Crippen LogP contribution in [0.15, 0.2) is 46.8 Å². The third-order valence-corrected chi connectivity index (χ3v) is 10.7. The molecule has 0 aromatic heterocycles. The fourth-order valence-corrected chi connectivity index (χ4v) is 8.37. The van der Waals surface area contributed by atoms with Gasteiger partial charge in [0, 0.05) is 23.1 Å². The number of esters is 1. The molecule has 0 bridgehead atoms. The predicted molar refractivity (Wildman–Crippen MR) is 137 cm³/mol. The van der Waals surface area contributed by atoms with Gasteiger partial charge in [-0.2, -0.15) is 0 Å². The van der Waals surface area contributed by atoms with Crippen molar-refractivity contribution in [3.8, 4) is 0 Å². The number of carboxylic acids is 2. The minimum atomic E-state index is -0.904. The predicted octanol–water partition coefficient (Wildman–Crippen LogP) is 6.30. The summed E-state index contributed by atoms with van der Waals surface area (Å²) in [5.41, 5.74) is 1.76. The van der Waals surface area contributed by atoms with Gasteiger partial charge in [0.1, 0.15) is 5.76 Å². The van der Waals surface area contributed by atoms with Crippen molar-refractivity contribution in [2.75, 3.05) is 0 Å². The highest BCUT2D eigenvalue weighted by Crippen LogP contribution is 2.74. The van der Waals surface area contributed by atoms with E-state index in [1.165, 1.54) is 0 Å². The molecule has 0 unspecified atom stereocenters. The molecule has 3 aliphatic carbocycles. The van der Waals surface area contributed by atoms with Gasteiger partial charge >= 0.3 is 17.9 Å². The van der Waals surface area contributed by atoms with Crippen molar-refractivity contribution >= 4 is 17.9 Å². The zero-order valence-corrected chi connectivity index (χ0v) is 22.4. The zero-order chi connectivity index (χ0) is 26.6. The molecule has 7 atom stereocenters. The van der Waals surface area contributed by atoms with Crippen LogP contribution in [0.3, 0.4) is 0 Å². The minimum absolute atomic E-state index is 0.0214. The molecule has 0 amide bonds. The van der Waals surface area contributed by atoms with Crippen LogP contribution >= 0.6 is 0 Å². The van der Waals surface area contributed by atoms with Gasteiger partial charge in [0.05, 0.1) is 0 Å². The normalized spacial score (nSPS) is 38.8. The fraction of sp³-hybridized carbons (Fsp3) is 0.633. The van der Waals surface area contributed by atoms with E-state index >= 15 is 0 Å². The molecule has 2 fully saturated rings. The van der Waals surface area contributed by atoms with Crippen molar-refractivity contribution in [3.05, 3.63) is 46.8 Å². The third-order valence-electron chi connectivity index (χ3n) is 10.7. The Kier molecular flexibility index (Phi) is 6.64. The quantitative estimate of drug-likeness (QED) is 0.244. The highest BCUT2D eigenvalue weighted by molar-refractivity contribution is 5.94. The van der Waals surface area contributed by atoms with E-state index in [9.17, 15) is 19.5 Å². The van der Waals surface area contributed by atoms with Gasteiger partial charge in [-0.05, 0) is 91.9 Å². The van der Waals surface area contributed by atoms with Crippen LogP contribution in [-0.2, 0) is 19.1 Å². The zero-order valence-electron chi connectivity index (χ0n) is 22.4. The average Bonchev–Trinajstić information content (AvgIpc) is 3.24. The summed E-state index contributed by atoms with van der Waals surface area (Å²) < 4.78 is 5.74. The van der Waals surface area contributed by atoms with Gasteiger partial charge in [-0.3, -0.25) is 4.79 Å². The highest BCUT2D eigenvalue weighted by atomic mass is 16.5. The van der Waals surface area contributed by atoms with Crippen molar-refractivity contribution in [3.63, 3.8) is 0 Å². The van der Waals surface area contributed by atoms with E-state index in [0.29, 0.717) is 35.2 Å². The summed E-state index contributed by atoms with van der Waals surface area (Å²) in [4.78, 5) is 35.2. The fourth-order valence-electron chi connectivity index (χ4n) is 8.37. The Hall–Kier alpha value is -2.63. The molecule has 0 spiro atoms. The van der Waals surface area contributed by atoms with Gasteiger partial charge in [0.2, 0.25) is 0 Å². The van der Waals surface area contributed by atoms with Crippen LogP contribution in [-0.4, -0.2) is 28.1 Å². The number of allylic oxidation sites excluding steroid dienone is 5. The first kappa shape index (κ1) is 26.4. The Balaban J connectivity index is 1.71. The number of hydrogen-bond donors (Lipinski definition) is 2. The van der Waals surface area contributed by atoms with Crippen molar-refractivity contribution in [2.24, 2.45) is 39.9 Å². The average molecular weight is 497 g/mol. The summed E-state index contributed by atoms with van der Waals surface area (Å²) in [5, 5.41) is 18.6. The van der Waals surface area contributed by atoms with E-state index < -0.39 is 11.9 Å². The summed E-state index contributed by atoms with van der Waals surface area (Å²) in [6.45, 7) is 12.8. The van der Waals surface area contributed by atoms with Crippen LogP contribution in [0.2, 0.25) is 0 Å². The molecule has 2 saturated carbocycles. The van der Waals surface area contributed by atoms with Crippen LogP contribution in [0, 0.1) is 39.9 Å². The summed E-state index contributed by atoms with van der Waals surface area (Å²) in [5.74, 6) is -0.468. The number of carbonyl (C=O) groups excluding carboxylic acids is 1. The van der Waals surface area contributed by atoms with E-state index in [1.54, 1.807) is 13.0 Å². The second-order valence-electron chi connectivity index (χ2n) is 12.3. The molecule has 36 heavy (non-hydrogen) atoms. The van der Waals surface area contributed by atoms with Crippen LogP contribution in [0.5, 0.6) is 0 Å². The van der Waals surface area contributed by atoms with E-state index in [0.717, 1.165) is 31.3 Å². The summed E-state index contributed by atoms with van der Waals surface area (Å²) >= 11 is 0. The number of carboxylic acid groups (broad SMARTS) is 2. The lowest BCUT2D eigenvalue weighted by Crippen LogP contribution is -2.56. The Morgan fingerprint density at radius 1 is 1.17 bits per heavy atom. The summed E-state index contributed by atoms with van der Waals surface area (Å²) in [6.07, 6.45) is 12.6. The number of ether oxygens (including phenoxy) is 1.